The molecule has 5 rings (SSSR count). The summed E-state index contributed by atoms with van der Waals surface area (Å²) in [6.45, 7) is 5.48. The molecule has 1 aliphatic rings. The molecule has 0 unspecified atom stereocenters. The van der Waals surface area contributed by atoms with E-state index in [4.69, 9.17) is 4.74 Å². The van der Waals surface area contributed by atoms with Crippen molar-refractivity contribution in [3.63, 3.8) is 0 Å². The Morgan fingerprint density at radius 1 is 0.763 bits per heavy atom. The van der Waals surface area contributed by atoms with Gasteiger partial charge in [-0.3, -0.25) is 9.69 Å². The highest BCUT2D eigenvalue weighted by molar-refractivity contribution is 5.94. The SMILES string of the molecule is O=C(N/N=C\c1ccc(OCc2ccccc2)cc1)c1ccc(CN2CCN(c3ccccc3)CC2)cc1. The maximum Gasteiger partial charge on any atom is 0.271 e. The van der Waals surface area contributed by atoms with Gasteiger partial charge >= 0.3 is 0 Å². The molecule has 0 aliphatic carbocycles. The van der Waals surface area contributed by atoms with Crippen molar-refractivity contribution in [3.8, 4) is 5.75 Å². The van der Waals surface area contributed by atoms with Crippen molar-refractivity contribution in [1.82, 2.24) is 10.3 Å². The Labute approximate surface area is 224 Å². The number of ether oxygens (including phenoxy) is 1. The average molecular weight is 505 g/mol. The van der Waals surface area contributed by atoms with Crippen LogP contribution in [0.1, 0.15) is 27.0 Å². The smallest absolute Gasteiger partial charge is 0.271 e. The summed E-state index contributed by atoms with van der Waals surface area (Å²) in [7, 11) is 0. The van der Waals surface area contributed by atoms with Crippen molar-refractivity contribution >= 4 is 17.8 Å². The van der Waals surface area contributed by atoms with Gasteiger partial charge in [-0.05, 0) is 65.2 Å². The molecule has 1 heterocycles. The monoisotopic (exact) mass is 504 g/mol. The lowest BCUT2D eigenvalue weighted by molar-refractivity contribution is 0.0955. The maximum atomic E-state index is 12.5. The summed E-state index contributed by atoms with van der Waals surface area (Å²) in [5.41, 5.74) is 7.69. The molecular weight excluding hydrogens is 472 g/mol. The number of carbonyl (C=O) groups excluding carboxylic acids is 1. The highest BCUT2D eigenvalue weighted by Gasteiger charge is 2.17. The number of hydrazone groups is 1. The summed E-state index contributed by atoms with van der Waals surface area (Å²) in [5, 5.41) is 4.11. The second-order valence-electron chi connectivity index (χ2n) is 9.34. The number of piperazine rings is 1. The van der Waals surface area contributed by atoms with Crippen LogP contribution in [0.2, 0.25) is 0 Å². The van der Waals surface area contributed by atoms with Crippen LogP contribution in [0.4, 0.5) is 5.69 Å². The average Bonchev–Trinajstić information content (AvgIpc) is 2.98. The van der Waals surface area contributed by atoms with Crippen LogP contribution >= 0.6 is 0 Å². The fourth-order valence-corrected chi connectivity index (χ4v) is 4.44. The summed E-state index contributed by atoms with van der Waals surface area (Å²) in [4.78, 5) is 17.4. The van der Waals surface area contributed by atoms with Crippen LogP contribution in [-0.4, -0.2) is 43.2 Å². The second kappa shape index (κ2) is 12.7. The first-order valence-corrected chi connectivity index (χ1v) is 12.9. The van der Waals surface area contributed by atoms with E-state index in [-0.39, 0.29) is 5.91 Å². The first kappa shape index (κ1) is 25.2. The van der Waals surface area contributed by atoms with Crippen molar-refractivity contribution in [1.29, 1.82) is 0 Å². The van der Waals surface area contributed by atoms with Crippen molar-refractivity contribution < 1.29 is 9.53 Å². The number of para-hydroxylation sites is 1. The zero-order chi connectivity index (χ0) is 26.0. The molecule has 6 heteroatoms. The molecule has 0 bridgehead atoms. The van der Waals surface area contributed by atoms with E-state index in [9.17, 15) is 4.79 Å². The zero-order valence-electron chi connectivity index (χ0n) is 21.4. The predicted octanol–water partition coefficient (Wildman–Crippen LogP) is 5.35. The van der Waals surface area contributed by atoms with E-state index in [1.54, 1.807) is 6.21 Å². The van der Waals surface area contributed by atoms with Crippen LogP contribution in [0.3, 0.4) is 0 Å². The van der Waals surface area contributed by atoms with Crippen molar-refractivity contribution in [3.05, 3.63) is 131 Å². The minimum absolute atomic E-state index is 0.230. The minimum atomic E-state index is -0.230. The Morgan fingerprint density at radius 3 is 2.11 bits per heavy atom. The summed E-state index contributed by atoms with van der Waals surface area (Å²) in [5.74, 6) is 0.556. The fraction of sp³-hybridized carbons (Fsp3) is 0.188. The number of carbonyl (C=O) groups is 1. The molecule has 1 saturated heterocycles. The van der Waals surface area contributed by atoms with E-state index in [0.29, 0.717) is 12.2 Å². The number of rotatable bonds is 9. The van der Waals surface area contributed by atoms with Gasteiger partial charge in [-0.25, -0.2) is 5.43 Å². The Hall–Kier alpha value is -4.42. The van der Waals surface area contributed by atoms with E-state index in [2.05, 4.69) is 50.7 Å². The van der Waals surface area contributed by atoms with Gasteiger partial charge in [-0.15, -0.1) is 0 Å². The molecule has 1 amide bonds. The van der Waals surface area contributed by atoms with Crippen LogP contribution in [0.15, 0.2) is 114 Å². The first-order valence-electron chi connectivity index (χ1n) is 12.9. The topological polar surface area (TPSA) is 57.2 Å². The normalized spacial score (nSPS) is 13.9. The van der Waals surface area contributed by atoms with Crippen LogP contribution in [0.5, 0.6) is 5.75 Å². The lowest BCUT2D eigenvalue weighted by Gasteiger charge is -2.36. The number of hydrogen-bond donors (Lipinski definition) is 1. The third kappa shape index (κ3) is 7.08. The third-order valence-electron chi connectivity index (χ3n) is 6.62. The number of nitrogens with zero attached hydrogens (tertiary/aromatic N) is 3. The molecule has 4 aromatic rings. The maximum absolute atomic E-state index is 12.5. The van der Waals surface area contributed by atoms with Gasteiger partial charge in [-0.1, -0.05) is 60.7 Å². The molecule has 1 fully saturated rings. The number of benzene rings is 4. The van der Waals surface area contributed by atoms with E-state index < -0.39 is 0 Å². The van der Waals surface area contributed by atoms with E-state index >= 15 is 0 Å². The Kier molecular flexibility index (Phi) is 8.44. The summed E-state index contributed by atoms with van der Waals surface area (Å²) < 4.78 is 5.81. The van der Waals surface area contributed by atoms with Crippen molar-refractivity contribution in [2.75, 3.05) is 31.1 Å². The zero-order valence-corrected chi connectivity index (χ0v) is 21.4. The van der Waals surface area contributed by atoms with Crippen LogP contribution in [-0.2, 0) is 13.2 Å². The molecule has 4 aromatic carbocycles. The molecule has 0 radical (unpaired) electrons. The molecular formula is C32H32N4O2. The van der Waals surface area contributed by atoms with E-state index in [1.807, 2.05) is 78.9 Å². The summed E-state index contributed by atoms with van der Waals surface area (Å²) in [6, 6.07) is 36.0. The van der Waals surface area contributed by atoms with E-state index in [1.165, 1.54) is 11.3 Å². The predicted molar refractivity (Wildman–Crippen MR) is 153 cm³/mol. The Morgan fingerprint density at radius 2 is 1.42 bits per heavy atom. The van der Waals surface area contributed by atoms with Gasteiger partial charge in [0.05, 0.1) is 6.21 Å². The largest absolute Gasteiger partial charge is 0.489 e. The summed E-state index contributed by atoms with van der Waals surface area (Å²) in [6.07, 6.45) is 1.63. The molecule has 192 valence electrons. The van der Waals surface area contributed by atoms with Gasteiger partial charge in [0.25, 0.3) is 5.91 Å². The Bertz CT molecular complexity index is 1320. The molecule has 0 aromatic heterocycles. The van der Waals surface area contributed by atoms with Crippen molar-refractivity contribution in [2.24, 2.45) is 5.10 Å². The van der Waals surface area contributed by atoms with Crippen LogP contribution < -0.4 is 15.1 Å². The minimum Gasteiger partial charge on any atom is -0.489 e. The lowest BCUT2D eigenvalue weighted by Crippen LogP contribution is -2.45. The quantitative estimate of drug-likeness (QED) is 0.247. The van der Waals surface area contributed by atoms with E-state index in [0.717, 1.165) is 49.6 Å². The molecule has 6 nitrogen and oxygen atoms in total. The molecule has 38 heavy (non-hydrogen) atoms. The molecule has 0 spiro atoms. The number of anilines is 1. The third-order valence-corrected chi connectivity index (χ3v) is 6.62. The second-order valence-corrected chi connectivity index (χ2v) is 9.34. The van der Waals surface area contributed by atoms with Crippen LogP contribution in [0, 0.1) is 0 Å². The molecule has 0 atom stereocenters. The van der Waals surface area contributed by atoms with Crippen LogP contribution in [0.25, 0.3) is 0 Å². The van der Waals surface area contributed by atoms with Gasteiger partial charge in [-0.2, -0.15) is 5.10 Å². The summed E-state index contributed by atoms with van der Waals surface area (Å²) >= 11 is 0. The van der Waals surface area contributed by atoms with Gasteiger partial charge in [0.15, 0.2) is 0 Å². The number of nitrogens with one attached hydrogen (secondary N) is 1. The van der Waals surface area contributed by atoms with Gasteiger partial charge in [0.2, 0.25) is 0 Å². The number of amides is 1. The number of hydrogen-bond acceptors (Lipinski definition) is 5. The standard InChI is InChI=1S/C32H32N4O2/c37-32(34-33-23-26-13-17-31(18-14-26)38-25-28-7-3-1-4-8-28)29-15-11-27(12-16-29)24-35-19-21-36(22-20-35)30-9-5-2-6-10-30/h1-18,23H,19-22,24-25H2,(H,34,37)/b33-23-. The molecule has 1 N–H and O–H groups in total. The lowest BCUT2D eigenvalue weighted by atomic mass is 10.1. The Balaban J connectivity index is 1.05. The fourth-order valence-electron chi connectivity index (χ4n) is 4.44. The van der Waals surface area contributed by atoms with Crippen molar-refractivity contribution in [2.45, 2.75) is 13.2 Å². The highest BCUT2D eigenvalue weighted by Crippen LogP contribution is 2.17. The first-order chi connectivity index (χ1) is 18.7. The molecule has 1 aliphatic heterocycles. The van der Waals surface area contributed by atoms with Gasteiger partial charge in [0.1, 0.15) is 12.4 Å². The molecule has 0 saturated carbocycles. The van der Waals surface area contributed by atoms with Gasteiger partial charge < -0.3 is 9.64 Å². The highest BCUT2D eigenvalue weighted by atomic mass is 16.5. The van der Waals surface area contributed by atoms with Gasteiger partial charge in [0, 0.05) is 44.0 Å².